The molecule has 0 radical (unpaired) electrons. The topological polar surface area (TPSA) is 29.9 Å². The van der Waals surface area contributed by atoms with Crippen molar-refractivity contribution in [2.45, 2.75) is 57.0 Å². The maximum Gasteiger partial charge on any atom is 0.0948 e. The Bertz CT molecular complexity index is 337. The minimum Gasteiger partial charge on any atom is -0.333 e. The Morgan fingerprint density at radius 1 is 1.53 bits per heavy atom. The highest BCUT2D eigenvalue weighted by molar-refractivity contribution is 7.99. The lowest BCUT2D eigenvalue weighted by atomic mass is 10.2. The zero-order chi connectivity index (χ0) is 12.1. The predicted molar refractivity (Wildman–Crippen MR) is 74.3 cm³/mol. The molecule has 0 aromatic carbocycles. The first-order chi connectivity index (χ1) is 8.33. The van der Waals surface area contributed by atoms with Crippen LogP contribution in [-0.4, -0.2) is 27.1 Å². The summed E-state index contributed by atoms with van der Waals surface area (Å²) in [5.74, 6) is 0. The van der Waals surface area contributed by atoms with Crippen molar-refractivity contribution in [1.29, 1.82) is 0 Å². The third-order valence-electron chi connectivity index (χ3n) is 3.55. The van der Waals surface area contributed by atoms with E-state index in [4.69, 9.17) is 0 Å². The molecule has 17 heavy (non-hydrogen) atoms. The summed E-state index contributed by atoms with van der Waals surface area (Å²) >= 11 is 2.01. The molecule has 0 bridgehead atoms. The van der Waals surface area contributed by atoms with Gasteiger partial charge in [0.05, 0.1) is 12.0 Å². The summed E-state index contributed by atoms with van der Waals surface area (Å²) in [5.41, 5.74) is 1.32. The Kier molecular flexibility index (Phi) is 4.92. The molecule has 1 fully saturated rings. The van der Waals surface area contributed by atoms with Gasteiger partial charge in [-0.05, 0) is 31.9 Å². The van der Waals surface area contributed by atoms with Crippen LogP contribution in [0.1, 0.15) is 38.3 Å². The van der Waals surface area contributed by atoms with E-state index in [2.05, 4.69) is 28.0 Å². The van der Waals surface area contributed by atoms with Gasteiger partial charge < -0.3 is 9.88 Å². The number of imidazole rings is 1. The van der Waals surface area contributed by atoms with Gasteiger partial charge >= 0.3 is 0 Å². The highest BCUT2D eigenvalue weighted by Gasteiger charge is 2.23. The van der Waals surface area contributed by atoms with E-state index in [-0.39, 0.29) is 0 Å². The van der Waals surface area contributed by atoms with E-state index in [0.29, 0.717) is 6.04 Å². The van der Waals surface area contributed by atoms with Gasteiger partial charge in [0.2, 0.25) is 0 Å². The van der Waals surface area contributed by atoms with Crippen LogP contribution in [0.3, 0.4) is 0 Å². The van der Waals surface area contributed by atoms with Crippen molar-refractivity contribution in [3.8, 4) is 0 Å². The Morgan fingerprint density at radius 3 is 3.12 bits per heavy atom. The second-order valence-electron chi connectivity index (χ2n) is 4.83. The van der Waals surface area contributed by atoms with Crippen LogP contribution >= 0.6 is 11.8 Å². The Balaban J connectivity index is 1.79. The summed E-state index contributed by atoms with van der Waals surface area (Å²) in [7, 11) is 0. The van der Waals surface area contributed by atoms with Crippen LogP contribution in [0.15, 0.2) is 12.5 Å². The monoisotopic (exact) mass is 253 g/mol. The Labute approximate surface area is 108 Å². The van der Waals surface area contributed by atoms with E-state index in [0.717, 1.165) is 18.3 Å². The Hall–Kier alpha value is -0.480. The number of aromatic nitrogens is 2. The van der Waals surface area contributed by atoms with Gasteiger partial charge in [-0.2, -0.15) is 11.8 Å². The van der Waals surface area contributed by atoms with Crippen LogP contribution in [0.2, 0.25) is 0 Å². The number of nitrogens with one attached hydrogen (secondary N) is 1. The molecule has 1 N–H and O–H groups in total. The molecule has 3 nitrogen and oxygen atoms in total. The van der Waals surface area contributed by atoms with Crippen molar-refractivity contribution >= 4 is 11.8 Å². The van der Waals surface area contributed by atoms with Gasteiger partial charge in [-0.15, -0.1) is 0 Å². The molecule has 2 rings (SSSR count). The molecule has 96 valence electrons. The minimum absolute atomic E-state index is 0.706. The largest absolute Gasteiger partial charge is 0.333 e. The first kappa shape index (κ1) is 13.0. The van der Waals surface area contributed by atoms with Crippen LogP contribution in [-0.2, 0) is 13.1 Å². The van der Waals surface area contributed by atoms with Gasteiger partial charge in [0.15, 0.2) is 0 Å². The van der Waals surface area contributed by atoms with Gasteiger partial charge in [-0.1, -0.05) is 6.92 Å². The second kappa shape index (κ2) is 6.45. The van der Waals surface area contributed by atoms with Crippen molar-refractivity contribution in [1.82, 2.24) is 14.9 Å². The quantitative estimate of drug-likeness (QED) is 0.845. The summed E-state index contributed by atoms with van der Waals surface area (Å²) in [6, 6.07) is 0.706. The van der Waals surface area contributed by atoms with Crippen molar-refractivity contribution in [2.24, 2.45) is 0 Å². The van der Waals surface area contributed by atoms with Gasteiger partial charge in [0.1, 0.15) is 0 Å². The van der Waals surface area contributed by atoms with Crippen molar-refractivity contribution in [3.05, 3.63) is 18.2 Å². The van der Waals surface area contributed by atoms with Gasteiger partial charge in [-0.25, -0.2) is 4.98 Å². The number of hydrogen-bond donors (Lipinski definition) is 1. The maximum atomic E-state index is 4.24. The molecular formula is C13H23N3S. The second-order valence-corrected chi connectivity index (χ2v) is 5.97. The maximum absolute atomic E-state index is 4.24. The molecule has 1 heterocycles. The van der Waals surface area contributed by atoms with Gasteiger partial charge in [0, 0.05) is 30.6 Å². The normalized spacial score (nSPS) is 24.4. The summed E-state index contributed by atoms with van der Waals surface area (Å²) in [6.07, 6.45) is 11.3. The first-order valence-electron chi connectivity index (χ1n) is 6.58. The number of aryl methyl sites for hydroxylation is 1. The van der Waals surface area contributed by atoms with E-state index in [1.165, 1.54) is 31.4 Å². The number of nitrogens with zero attached hydrogens (tertiary/aromatic N) is 2. The van der Waals surface area contributed by atoms with Crippen LogP contribution in [0.25, 0.3) is 0 Å². The molecule has 1 aromatic heterocycles. The smallest absolute Gasteiger partial charge is 0.0948 e. The molecule has 2 atom stereocenters. The molecular weight excluding hydrogens is 230 g/mol. The van der Waals surface area contributed by atoms with Gasteiger partial charge in [0.25, 0.3) is 0 Å². The zero-order valence-electron chi connectivity index (χ0n) is 10.9. The van der Waals surface area contributed by atoms with Crippen LogP contribution in [0.5, 0.6) is 0 Å². The molecule has 2 unspecified atom stereocenters. The van der Waals surface area contributed by atoms with Crippen LogP contribution < -0.4 is 5.32 Å². The van der Waals surface area contributed by atoms with E-state index in [1.807, 2.05) is 24.3 Å². The molecule has 0 saturated heterocycles. The van der Waals surface area contributed by atoms with Crippen molar-refractivity contribution in [2.75, 3.05) is 6.26 Å². The molecule has 0 aliphatic heterocycles. The standard InChI is InChI=1S/C13H23N3S/c1-3-6-16-10-14-8-12(16)9-15-11-4-5-13(7-11)17-2/h8,10-11,13,15H,3-7,9H2,1-2H3. The first-order valence-corrected chi connectivity index (χ1v) is 7.87. The molecule has 1 aromatic rings. The highest BCUT2D eigenvalue weighted by Crippen LogP contribution is 2.28. The number of hydrogen-bond acceptors (Lipinski definition) is 3. The molecule has 4 heteroatoms. The highest BCUT2D eigenvalue weighted by atomic mass is 32.2. The minimum atomic E-state index is 0.706. The molecule has 0 spiro atoms. The Morgan fingerprint density at radius 2 is 2.41 bits per heavy atom. The predicted octanol–water partition coefficient (Wildman–Crippen LogP) is 2.67. The van der Waals surface area contributed by atoms with E-state index >= 15 is 0 Å². The molecule has 1 aliphatic rings. The van der Waals surface area contributed by atoms with E-state index in [1.54, 1.807) is 0 Å². The van der Waals surface area contributed by atoms with E-state index in [9.17, 15) is 0 Å². The third kappa shape index (κ3) is 3.49. The van der Waals surface area contributed by atoms with Crippen molar-refractivity contribution < 1.29 is 0 Å². The number of rotatable bonds is 6. The summed E-state index contributed by atoms with van der Waals surface area (Å²) in [4.78, 5) is 4.24. The summed E-state index contributed by atoms with van der Waals surface area (Å²) in [6.45, 7) is 4.25. The zero-order valence-corrected chi connectivity index (χ0v) is 11.7. The lowest BCUT2D eigenvalue weighted by Crippen LogP contribution is -2.27. The van der Waals surface area contributed by atoms with Crippen LogP contribution in [0.4, 0.5) is 0 Å². The fourth-order valence-corrected chi connectivity index (χ4v) is 3.32. The summed E-state index contributed by atoms with van der Waals surface area (Å²) in [5, 5.41) is 4.54. The fraction of sp³-hybridized carbons (Fsp3) is 0.769. The molecule has 1 saturated carbocycles. The van der Waals surface area contributed by atoms with E-state index < -0.39 is 0 Å². The van der Waals surface area contributed by atoms with Crippen LogP contribution in [0, 0.1) is 0 Å². The van der Waals surface area contributed by atoms with Gasteiger partial charge in [-0.3, -0.25) is 0 Å². The lowest BCUT2D eigenvalue weighted by Gasteiger charge is -2.13. The average molecular weight is 253 g/mol. The summed E-state index contributed by atoms with van der Waals surface area (Å²) < 4.78 is 2.26. The van der Waals surface area contributed by atoms with Crippen molar-refractivity contribution in [3.63, 3.8) is 0 Å². The average Bonchev–Trinajstić information content (AvgIpc) is 2.95. The number of thioether (sulfide) groups is 1. The third-order valence-corrected chi connectivity index (χ3v) is 4.65. The molecule has 0 amide bonds. The molecule has 1 aliphatic carbocycles. The fourth-order valence-electron chi connectivity index (χ4n) is 2.53. The SMILES string of the molecule is CCCn1cncc1CNC1CCC(SC)C1. The lowest BCUT2D eigenvalue weighted by molar-refractivity contribution is 0.505.